The van der Waals surface area contributed by atoms with Gasteiger partial charge in [-0.05, 0) is 48.1 Å². The molecular weight excluding hydrogens is 524 g/mol. The number of hydrazine groups is 1. The predicted molar refractivity (Wildman–Crippen MR) is 134 cm³/mol. The number of thiocarbonyl (C=S) groups is 1. The van der Waals surface area contributed by atoms with Crippen LogP contribution in [0.4, 0.5) is 5.69 Å². The normalized spacial score (nSPS) is 10.1. The second-order valence-corrected chi connectivity index (χ2v) is 8.21. The Labute approximate surface area is 208 Å². The van der Waals surface area contributed by atoms with Crippen molar-refractivity contribution in [1.82, 2.24) is 16.2 Å². The first kappa shape index (κ1) is 24.8. The highest BCUT2D eigenvalue weighted by Gasteiger charge is 2.16. The van der Waals surface area contributed by atoms with Crippen molar-refractivity contribution in [3.63, 3.8) is 0 Å². The van der Waals surface area contributed by atoms with Gasteiger partial charge in [-0.3, -0.25) is 35.9 Å². The molecule has 0 aliphatic heterocycles. The molecule has 3 aromatic carbocycles. The lowest BCUT2D eigenvalue weighted by Gasteiger charge is -2.14. The Balaban J connectivity index is 1.55. The minimum Gasteiger partial charge on any atom is -0.492 e. The Morgan fingerprint density at radius 3 is 2.35 bits per heavy atom. The van der Waals surface area contributed by atoms with Gasteiger partial charge < -0.3 is 4.74 Å². The van der Waals surface area contributed by atoms with Crippen LogP contribution in [0.5, 0.6) is 5.75 Å². The molecule has 3 rings (SSSR count). The summed E-state index contributed by atoms with van der Waals surface area (Å²) >= 11 is 8.42. The molecule has 3 N–H and O–H groups in total. The highest BCUT2D eigenvalue weighted by Crippen LogP contribution is 2.23. The smallest absolute Gasteiger partial charge is 0.269 e. The number of nitro groups is 1. The zero-order valence-corrected chi connectivity index (χ0v) is 20.0. The van der Waals surface area contributed by atoms with E-state index in [4.69, 9.17) is 17.0 Å². The summed E-state index contributed by atoms with van der Waals surface area (Å²) in [7, 11) is 0. The van der Waals surface area contributed by atoms with Crippen LogP contribution >= 0.6 is 28.1 Å². The number of hydrogen-bond donors (Lipinski definition) is 3. The fraction of sp³-hybridized carbons (Fsp3) is 0.0870. The van der Waals surface area contributed by atoms with Gasteiger partial charge in [-0.15, -0.1) is 0 Å². The maximum absolute atomic E-state index is 12.8. The molecule has 0 atom stereocenters. The van der Waals surface area contributed by atoms with Gasteiger partial charge in [-0.1, -0.05) is 46.3 Å². The van der Waals surface area contributed by atoms with Crippen molar-refractivity contribution in [3.8, 4) is 5.75 Å². The Morgan fingerprint density at radius 2 is 1.68 bits per heavy atom. The number of carbonyl (C=O) groups excluding carboxylic acids is 2. The number of halogens is 1. The molecule has 0 aromatic heterocycles. The van der Waals surface area contributed by atoms with E-state index in [0.29, 0.717) is 23.2 Å². The lowest BCUT2D eigenvalue weighted by atomic mass is 10.1. The quantitative estimate of drug-likeness (QED) is 0.235. The number of nitrogens with zero attached hydrogens (tertiary/aromatic N) is 1. The minimum atomic E-state index is -0.584. The van der Waals surface area contributed by atoms with Crippen molar-refractivity contribution in [2.24, 2.45) is 0 Å². The molecule has 0 heterocycles. The number of amides is 2. The monoisotopic (exact) mass is 542 g/mol. The van der Waals surface area contributed by atoms with Crippen LogP contribution in [-0.4, -0.2) is 28.5 Å². The van der Waals surface area contributed by atoms with Gasteiger partial charge in [0, 0.05) is 28.6 Å². The second-order valence-electron chi connectivity index (χ2n) is 6.89. The molecule has 0 saturated carbocycles. The van der Waals surface area contributed by atoms with Crippen molar-refractivity contribution < 1.29 is 19.2 Å². The number of hydrogen-bond acceptors (Lipinski definition) is 6. The summed E-state index contributed by atoms with van der Waals surface area (Å²) in [6, 6.07) is 19.9. The van der Waals surface area contributed by atoms with Gasteiger partial charge in [-0.25, -0.2) is 0 Å². The molecular formula is C23H19BrN4O5S. The van der Waals surface area contributed by atoms with Gasteiger partial charge >= 0.3 is 0 Å². The third-order valence-corrected chi connectivity index (χ3v) is 5.23. The van der Waals surface area contributed by atoms with Crippen molar-refractivity contribution in [2.45, 2.75) is 6.42 Å². The van der Waals surface area contributed by atoms with Gasteiger partial charge in [0.2, 0.25) is 0 Å². The summed E-state index contributed by atoms with van der Waals surface area (Å²) in [6.07, 6.45) is 0.673. The van der Waals surface area contributed by atoms with Crippen LogP contribution in [0.25, 0.3) is 0 Å². The molecule has 0 spiro atoms. The number of nitrogens with one attached hydrogen (secondary N) is 3. The summed E-state index contributed by atoms with van der Waals surface area (Å²) in [4.78, 5) is 35.1. The molecule has 9 nitrogen and oxygen atoms in total. The molecule has 11 heteroatoms. The zero-order valence-electron chi connectivity index (χ0n) is 17.6. The minimum absolute atomic E-state index is 0.136. The molecule has 0 saturated heterocycles. The third-order valence-electron chi connectivity index (χ3n) is 4.53. The molecule has 0 aliphatic rings. The Hall–Kier alpha value is -3.83. The summed E-state index contributed by atoms with van der Waals surface area (Å²) < 4.78 is 6.50. The van der Waals surface area contributed by atoms with E-state index in [2.05, 4.69) is 32.1 Å². The van der Waals surface area contributed by atoms with Crippen LogP contribution in [0.3, 0.4) is 0 Å². The van der Waals surface area contributed by atoms with Crippen LogP contribution in [0.1, 0.15) is 26.3 Å². The number of ether oxygens (including phenoxy) is 1. The standard InChI is InChI=1S/C23H19BrN4O5S/c24-17-8-11-20(33-13-12-15-4-2-1-3-5-15)19(14-17)22(30)25-23(34)27-26-21(29)16-6-9-18(10-7-16)28(31)32/h1-11,14H,12-13H2,(H,26,29)(H2,25,27,30,34). The van der Waals surface area contributed by atoms with Crippen LogP contribution in [-0.2, 0) is 6.42 Å². The van der Waals surface area contributed by atoms with E-state index in [9.17, 15) is 19.7 Å². The summed E-state index contributed by atoms with van der Waals surface area (Å²) in [5, 5.41) is 13.0. The highest BCUT2D eigenvalue weighted by atomic mass is 79.9. The number of non-ortho nitro benzene ring substituents is 1. The molecule has 2 amide bonds. The third kappa shape index (κ3) is 7.09. The van der Waals surface area contributed by atoms with E-state index < -0.39 is 16.7 Å². The fourth-order valence-electron chi connectivity index (χ4n) is 2.85. The van der Waals surface area contributed by atoms with E-state index in [1.165, 1.54) is 24.3 Å². The van der Waals surface area contributed by atoms with Crippen molar-refractivity contribution in [1.29, 1.82) is 0 Å². The van der Waals surface area contributed by atoms with Gasteiger partial charge in [-0.2, -0.15) is 0 Å². The molecule has 0 aliphatic carbocycles. The average molecular weight is 543 g/mol. The van der Waals surface area contributed by atoms with Crippen LogP contribution < -0.4 is 20.9 Å². The Morgan fingerprint density at radius 1 is 0.971 bits per heavy atom. The van der Waals surface area contributed by atoms with E-state index in [-0.39, 0.29) is 21.9 Å². The van der Waals surface area contributed by atoms with Crippen molar-refractivity contribution >= 4 is 50.8 Å². The topological polar surface area (TPSA) is 123 Å². The first-order valence-corrected chi connectivity index (χ1v) is 11.2. The van der Waals surface area contributed by atoms with Gasteiger partial charge in [0.15, 0.2) is 5.11 Å². The van der Waals surface area contributed by atoms with Gasteiger partial charge in [0.25, 0.3) is 17.5 Å². The number of rotatable bonds is 7. The lowest BCUT2D eigenvalue weighted by molar-refractivity contribution is -0.384. The second kappa shape index (κ2) is 11.9. The van der Waals surface area contributed by atoms with Crippen molar-refractivity contribution in [2.75, 3.05) is 6.61 Å². The number of benzene rings is 3. The maximum atomic E-state index is 12.8. The van der Waals surface area contributed by atoms with Gasteiger partial charge in [0.1, 0.15) is 5.75 Å². The summed E-state index contributed by atoms with van der Waals surface area (Å²) in [5.41, 5.74) is 6.17. The van der Waals surface area contributed by atoms with E-state index in [0.717, 1.165) is 5.56 Å². The van der Waals surface area contributed by atoms with Crippen molar-refractivity contribution in [3.05, 3.63) is 104 Å². The predicted octanol–water partition coefficient (Wildman–Crippen LogP) is 3.93. The van der Waals surface area contributed by atoms with E-state index >= 15 is 0 Å². The first-order valence-electron chi connectivity index (χ1n) is 9.96. The zero-order chi connectivity index (χ0) is 24.5. The SMILES string of the molecule is O=C(NNC(=S)NC(=O)c1cc(Br)ccc1OCCc1ccccc1)c1ccc([N+](=O)[O-])cc1. The van der Waals surface area contributed by atoms with Gasteiger partial charge in [0.05, 0.1) is 17.1 Å². The first-order chi connectivity index (χ1) is 16.3. The fourth-order valence-corrected chi connectivity index (χ4v) is 3.36. The average Bonchev–Trinajstić information content (AvgIpc) is 2.84. The van der Waals surface area contributed by atoms with Crippen LogP contribution in [0.2, 0.25) is 0 Å². The number of carbonyl (C=O) groups is 2. The Bertz CT molecular complexity index is 1210. The summed E-state index contributed by atoms with van der Waals surface area (Å²) in [5.74, 6) is -0.730. The summed E-state index contributed by atoms with van der Waals surface area (Å²) in [6.45, 7) is 0.375. The van der Waals surface area contributed by atoms with Crippen LogP contribution in [0, 0.1) is 10.1 Å². The maximum Gasteiger partial charge on any atom is 0.269 e. The molecule has 0 radical (unpaired) electrons. The molecule has 0 unspecified atom stereocenters. The Kier molecular flexibility index (Phi) is 8.66. The van der Waals surface area contributed by atoms with Crippen LogP contribution in [0.15, 0.2) is 77.3 Å². The molecule has 0 fully saturated rings. The molecule has 174 valence electrons. The highest BCUT2D eigenvalue weighted by molar-refractivity contribution is 9.10. The number of nitro benzene ring substituents is 1. The van der Waals surface area contributed by atoms with E-state index in [1.807, 2.05) is 30.3 Å². The largest absolute Gasteiger partial charge is 0.492 e. The van der Waals surface area contributed by atoms with E-state index in [1.54, 1.807) is 18.2 Å². The molecule has 0 bridgehead atoms. The molecule has 34 heavy (non-hydrogen) atoms. The lowest BCUT2D eigenvalue weighted by Crippen LogP contribution is -2.48. The molecule has 3 aromatic rings.